The predicted molar refractivity (Wildman–Crippen MR) is 84.0 cm³/mol. The Hall–Kier alpha value is -2.11. The number of amides is 1. The zero-order valence-electron chi connectivity index (χ0n) is 13.1. The molecule has 2 N–H and O–H groups in total. The molecule has 1 saturated heterocycles. The molecule has 1 aliphatic heterocycles. The summed E-state index contributed by atoms with van der Waals surface area (Å²) in [7, 11) is 0. The van der Waals surface area contributed by atoms with E-state index in [1.54, 1.807) is 6.07 Å². The van der Waals surface area contributed by atoms with Gasteiger partial charge in [-0.3, -0.25) is 4.79 Å². The Morgan fingerprint density at radius 3 is 2.50 bits per heavy atom. The quantitative estimate of drug-likeness (QED) is 0.839. The normalized spacial score (nSPS) is 15.9. The average molecular weight is 305 g/mol. The van der Waals surface area contributed by atoms with E-state index in [9.17, 15) is 9.59 Å². The standard InChI is InChI=1S/C16H23N3O3/c1-11(2)9-13(16(21)22)18-15(20)12-5-6-14(17-10-12)19-7-3-4-8-19/h5-6,10-11,13H,3-4,7-9H2,1-2H3,(H,18,20)(H,21,22). The highest BCUT2D eigenvalue weighted by atomic mass is 16.4. The molecule has 1 aromatic heterocycles. The van der Waals surface area contributed by atoms with Crippen molar-refractivity contribution in [1.82, 2.24) is 10.3 Å². The van der Waals surface area contributed by atoms with E-state index in [1.807, 2.05) is 19.9 Å². The zero-order chi connectivity index (χ0) is 16.1. The van der Waals surface area contributed by atoms with Crippen LogP contribution in [0.4, 0.5) is 5.82 Å². The first kappa shape index (κ1) is 16.3. The van der Waals surface area contributed by atoms with Crippen molar-refractivity contribution in [3.8, 4) is 0 Å². The second kappa shape index (κ2) is 7.24. The molecular formula is C16H23N3O3. The van der Waals surface area contributed by atoms with Gasteiger partial charge in [-0.1, -0.05) is 13.8 Å². The third kappa shape index (κ3) is 4.19. The lowest BCUT2D eigenvalue weighted by atomic mass is 10.0. The van der Waals surface area contributed by atoms with Crippen molar-refractivity contribution >= 4 is 17.7 Å². The van der Waals surface area contributed by atoms with Gasteiger partial charge in [0.15, 0.2) is 0 Å². The summed E-state index contributed by atoms with van der Waals surface area (Å²) >= 11 is 0. The minimum atomic E-state index is -1.01. The molecule has 0 bridgehead atoms. The molecule has 0 radical (unpaired) electrons. The zero-order valence-corrected chi connectivity index (χ0v) is 13.1. The summed E-state index contributed by atoms with van der Waals surface area (Å²) < 4.78 is 0. The third-order valence-electron chi connectivity index (χ3n) is 3.75. The molecule has 6 heteroatoms. The van der Waals surface area contributed by atoms with Gasteiger partial charge >= 0.3 is 5.97 Å². The molecule has 2 rings (SSSR count). The van der Waals surface area contributed by atoms with Crippen molar-refractivity contribution in [3.63, 3.8) is 0 Å². The number of aromatic nitrogens is 1. The number of nitrogens with zero attached hydrogens (tertiary/aromatic N) is 2. The summed E-state index contributed by atoms with van der Waals surface area (Å²) in [6.45, 7) is 5.84. The minimum Gasteiger partial charge on any atom is -0.480 e. The molecule has 120 valence electrons. The van der Waals surface area contributed by atoms with E-state index in [0.717, 1.165) is 18.9 Å². The highest BCUT2D eigenvalue weighted by molar-refractivity contribution is 5.96. The first-order valence-electron chi connectivity index (χ1n) is 7.72. The molecule has 1 unspecified atom stereocenters. The number of carbonyl (C=O) groups is 2. The molecule has 6 nitrogen and oxygen atoms in total. The van der Waals surface area contributed by atoms with Crippen molar-refractivity contribution in [2.24, 2.45) is 5.92 Å². The van der Waals surface area contributed by atoms with E-state index in [-0.39, 0.29) is 5.92 Å². The van der Waals surface area contributed by atoms with Crippen molar-refractivity contribution in [2.75, 3.05) is 18.0 Å². The predicted octanol–water partition coefficient (Wildman–Crippen LogP) is 1.91. The maximum atomic E-state index is 12.1. The highest BCUT2D eigenvalue weighted by Crippen LogP contribution is 2.17. The lowest BCUT2D eigenvalue weighted by Crippen LogP contribution is -2.41. The average Bonchev–Trinajstić information content (AvgIpc) is 3.00. The number of pyridine rings is 1. The molecule has 1 amide bonds. The van der Waals surface area contributed by atoms with E-state index in [4.69, 9.17) is 5.11 Å². The van der Waals surface area contributed by atoms with Crippen molar-refractivity contribution in [2.45, 2.75) is 39.2 Å². The van der Waals surface area contributed by atoms with Gasteiger partial charge in [0, 0.05) is 19.3 Å². The summed E-state index contributed by atoms with van der Waals surface area (Å²) in [6, 6.07) is 2.65. The molecule has 1 atom stereocenters. The summed E-state index contributed by atoms with van der Waals surface area (Å²) in [6.07, 6.45) is 4.25. The van der Waals surface area contributed by atoms with E-state index in [1.165, 1.54) is 19.0 Å². The Kier molecular flexibility index (Phi) is 5.35. The Labute approximate surface area is 130 Å². The first-order valence-corrected chi connectivity index (χ1v) is 7.72. The van der Waals surface area contributed by atoms with Crippen LogP contribution in [-0.2, 0) is 4.79 Å². The van der Waals surface area contributed by atoms with Gasteiger partial charge in [-0.15, -0.1) is 0 Å². The smallest absolute Gasteiger partial charge is 0.326 e. The van der Waals surface area contributed by atoms with Crippen LogP contribution in [0.1, 0.15) is 43.5 Å². The van der Waals surface area contributed by atoms with Gasteiger partial charge in [0.1, 0.15) is 11.9 Å². The van der Waals surface area contributed by atoms with Crippen LogP contribution in [-0.4, -0.2) is 41.1 Å². The SMILES string of the molecule is CC(C)CC(NC(=O)c1ccc(N2CCCC2)nc1)C(=O)O. The van der Waals surface area contributed by atoms with Gasteiger partial charge in [0.2, 0.25) is 0 Å². The van der Waals surface area contributed by atoms with E-state index < -0.39 is 17.9 Å². The molecule has 0 saturated carbocycles. The number of hydrogen-bond donors (Lipinski definition) is 2. The van der Waals surface area contributed by atoms with Gasteiger partial charge in [-0.05, 0) is 37.3 Å². The maximum absolute atomic E-state index is 12.1. The van der Waals surface area contributed by atoms with Crippen LogP contribution in [0.15, 0.2) is 18.3 Å². The number of anilines is 1. The topological polar surface area (TPSA) is 82.5 Å². The van der Waals surface area contributed by atoms with Crippen LogP contribution in [0.25, 0.3) is 0 Å². The molecule has 1 fully saturated rings. The fourth-order valence-corrected chi connectivity index (χ4v) is 2.59. The summed E-state index contributed by atoms with van der Waals surface area (Å²) in [4.78, 5) is 29.8. The Bertz CT molecular complexity index is 522. The molecule has 22 heavy (non-hydrogen) atoms. The van der Waals surface area contributed by atoms with E-state index >= 15 is 0 Å². The fourth-order valence-electron chi connectivity index (χ4n) is 2.59. The van der Waals surface area contributed by atoms with E-state index in [2.05, 4.69) is 15.2 Å². The molecule has 1 aliphatic rings. The number of carboxylic acid groups (broad SMARTS) is 1. The number of aliphatic carboxylic acids is 1. The second-order valence-electron chi connectivity index (χ2n) is 6.09. The van der Waals surface area contributed by atoms with Gasteiger partial charge in [0.05, 0.1) is 5.56 Å². The summed E-state index contributed by atoms with van der Waals surface area (Å²) in [5.74, 6) is -0.347. The number of carboxylic acids is 1. The van der Waals surface area contributed by atoms with Crippen molar-refractivity contribution < 1.29 is 14.7 Å². The van der Waals surface area contributed by atoms with Crippen LogP contribution in [0.5, 0.6) is 0 Å². The molecule has 1 aromatic rings. The molecule has 0 aliphatic carbocycles. The Morgan fingerprint density at radius 1 is 1.32 bits per heavy atom. The maximum Gasteiger partial charge on any atom is 0.326 e. The lowest BCUT2D eigenvalue weighted by molar-refractivity contribution is -0.139. The van der Waals surface area contributed by atoms with Gasteiger partial charge in [0.25, 0.3) is 5.91 Å². The van der Waals surface area contributed by atoms with Crippen LogP contribution >= 0.6 is 0 Å². The van der Waals surface area contributed by atoms with Crippen LogP contribution in [0, 0.1) is 5.92 Å². The number of rotatable bonds is 6. The van der Waals surface area contributed by atoms with Gasteiger partial charge in [-0.2, -0.15) is 0 Å². The second-order valence-corrected chi connectivity index (χ2v) is 6.09. The summed E-state index contributed by atoms with van der Waals surface area (Å²) in [5, 5.41) is 11.7. The number of nitrogens with one attached hydrogen (secondary N) is 1. The first-order chi connectivity index (χ1) is 10.5. The molecular weight excluding hydrogens is 282 g/mol. The van der Waals surface area contributed by atoms with E-state index in [0.29, 0.717) is 12.0 Å². The summed E-state index contributed by atoms with van der Waals surface area (Å²) in [5.41, 5.74) is 0.387. The highest BCUT2D eigenvalue weighted by Gasteiger charge is 2.22. The third-order valence-corrected chi connectivity index (χ3v) is 3.75. The van der Waals surface area contributed by atoms with Gasteiger partial charge < -0.3 is 15.3 Å². The van der Waals surface area contributed by atoms with Crippen LogP contribution < -0.4 is 10.2 Å². The number of hydrogen-bond acceptors (Lipinski definition) is 4. The van der Waals surface area contributed by atoms with Gasteiger partial charge in [-0.25, -0.2) is 9.78 Å². The van der Waals surface area contributed by atoms with Crippen LogP contribution in [0.3, 0.4) is 0 Å². The fraction of sp³-hybridized carbons (Fsp3) is 0.562. The Morgan fingerprint density at radius 2 is 2.00 bits per heavy atom. The molecule has 2 heterocycles. The van der Waals surface area contributed by atoms with Crippen molar-refractivity contribution in [1.29, 1.82) is 0 Å². The van der Waals surface area contributed by atoms with Crippen molar-refractivity contribution in [3.05, 3.63) is 23.9 Å². The largest absolute Gasteiger partial charge is 0.480 e. The monoisotopic (exact) mass is 305 g/mol. The molecule has 0 spiro atoms. The minimum absolute atomic E-state index is 0.192. The molecule has 0 aromatic carbocycles. The van der Waals surface area contributed by atoms with Crippen LogP contribution in [0.2, 0.25) is 0 Å². The lowest BCUT2D eigenvalue weighted by Gasteiger charge is -2.18. The number of carbonyl (C=O) groups excluding carboxylic acids is 1. The Balaban J connectivity index is 2.00.